The molecule has 0 saturated carbocycles. The standard InChI is InChI=1S/C9H17F3N2O3S/c1-2-7(5-13)18(16,17)14-4-3-8(15,6-14)9(10,11)12/h7,15H,2-6,13H2,1H3. The molecule has 0 bridgehead atoms. The van der Waals surface area contributed by atoms with E-state index >= 15 is 0 Å². The minimum absolute atomic E-state index is 0.153. The quantitative estimate of drug-likeness (QED) is 0.766. The van der Waals surface area contributed by atoms with E-state index in [1.54, 1.807) is 6.92 Å². The zero-order valence-electron chi connectivity index (χ0n) is 9.94. The number of aliphatic hydroxyl groups is 1. The second-order valence-electron chi connectivity index (χ2n) is 4.42. The Kier molecular flexibility index (Phi) is 4.31. The van der Waals surface area contributed by atoms with E-state index in [9.17, 15) is 26.7 Å². The van der Waals surface area contributed by atoms with Gasteiger partial charge in [-0.05, 0) is 6.42 Å². The summed E-state index contributed by atoms with van der Waals surface area (Å²) in [6.45, 7) is 0.158. The van der Waals surface area contributed by atoms with Crippen LogP contribution in [0.25, 0.3) is 0 Å². The highest BCUT2D eigenvalue weighted by Gasteiger charge is 2.59. The molecule has 0 aromatic rings. The zero-order valence-corrected chi connectivity index (χ0v) is 10.8. The molecule has 18 heavy (non-hydrogen) atoms. The molecule has 0 radical (unpaired) electrons. The molecule has 0 spiro atoms. The van der Waals surface area contributed by atoms with Crippen molar-refractivity contribution in [2.45, 2.75) is 36.8 Å². The topological polar surface area (TPSA) is 83.6 Å². The van der Waals surface area contributed by atoms with E-state index in [-0.39, 0.29) is 19.5 Å². The van der Waals surface area contributed by atoms with Gasteiger partial charge in [0, 0.05) is 19.5 Å². The summed E-state index contributed by atoms with van der Waals surface area (Å²) in [6, 6.07) is 0. The van der Waals surface area contributed by atoms with Crippen LogP contribution in [-0.2, 0) is 10.0 Å². The van der Waals surface area contributed by atoms with Gasteiger partial charge in [-0.1, -0.05) is 6.92 Å². The molecule has 0 aliphatic carbocycles. The van der Waals surface area contributed by atoms with Crippen molar-refractivity contribution in [3.05, 3.63) is 0 Å². The summed E-state index contributed by atoms with van der Waals surface area (Å²) in [4.78, 5) is 0. The molecular formula is C9H17F3N2O3S. The van der Waals surface area contributed by atoms with Gasteiger partial charge in [0.25, 0.3) is 0 Å². The minimum Gasteiger partial charge on any atom is -0.379 e. The fourth-order valence-corrected chi connectivity index (χ4v) is 3.74. The zero-order chi connectivity index (χ0) is 14.2. The van der Waals surface area contributed by atoms with Crippen LogP contribution >= 0.6 is 0 Å². The third-order valence-electron chi connectivity index (χ3n) is 3.24. The van der Waals surface area contributed by atoms with Gasteiger partial charge in [-0.3, -0.25) is 0 Å². The van der Waals surface area contributed by atoms with Crippen molar-refractivity contribution in [2.75, 3.05) is 19.6 Å². The highest BCUT2D eigenvalue weighted by Crippen LogP contribution is 2.38. The lowest BCUT2D eigenvalue weighted by atomic mass is 10.0. The second kappa shape index (κ2) is 4.95. The van der Waals surface area contributed by atoms with Gasteiger partial charge in [0.2, 0.25) is 10.0 Å². The lowest BCUT2D eigenvalue weighted by Gasteiger charge is -2.27. The maximum absolute atomic E-state index is 12.6. The number of β-amino-alcohol motifs (C(OH)–C–C–N with tert-alkyl or cyclic N) is 1. The summed E-state index contributed by atoms with van der Waals surface area (Å²) >= 11 is 0. The van der Waals surface area contributed by atoms with Crippen molar-refractivity contribution in [1.82, 2.24) is 4.31 Å². The lowest BCUT2D eigenvalue weighted by molar-refractivity contribution is -0.252. The Balaban J connectivity index is 2.91. The summed E-state index contributed by atoms with van der Waals surface area (Å²) in [5.74, 6) is 0. The van der Waals surface area contributed by atoms with E-state index in [2.05, 4.69) is 0 Å². The average Bonchev–Trinajstić information content (AvgIpc) is 2.63. The maximum atomic E-state index is 12.6. The predicted molar refractivity (Wildman–Crippen MR) is 59.2 cm³/mol. The van der Waals surface area contributed by atoms with Gasteiger partial charge >= 0.3 is 6.18 Å². The normalized spacial score (nSPS) is 28.6. The van der Waals surface area contributed by atoms with E-state index in [0.717, 1.165) is 0 Å². The van der Waals surface area contributed by atoms with Crippen molar-refractivity contribution in [3.8, 4) is 0 Å². The van der Waals surface area contributed by atoms with Crippen LogP contribution < -0.4 is 5.73 Å². The summed E-state index contributed by atoms with van der Waals surface area (Å²) in [7, 11) is -3.88. The van der Waals surface area contributed by atoms with E-state index in [0.29, 0.717) is 4.31 Å². The van der Waals surface area contributed by atoms with E-state index in [4.69, 9.17) is 5.73 Å². The Hall–Kier alpha value is -0.380. The number of hydrogen-bond acceptors (Lipinski definition) is 4. The molecule has 0 aromatic heterocycles. The molecule has 2 atom stereocenters. The van der Waals surface area contributed by atoms with Crippen LogP contribution in [0.4, 0.5) is 13.2 Å². The Labute approximate surface area is 104 Å². The maximum Gasteiger partial charge on any atom is 0.418 e. The number of nitrogens with zero attached hydrogens (tertiary/aromatic N) is 1. The minimum atomic E-state index is -4.83. The molecule has 9 heteroatoms. The van der Waals surface area contributed by atoms with Gasteiger partial charge in [-0.25, -0.2) is 8.42 Å². The molecule has 3 N–H and O–H groups in total. The van der Waals surface area contributed by atoms with Gasteiger partial charge in [0.1, 0.15) is 0 Å². The van der Waals surface area contributed by atoms with Crippen LogP contribution in [0, 0.1) is 0 Å². The van der Waals surface area contributed by atoms with E-state index < -0.39 is 40.0 Å². The van der Waals surface area contributed by atoms with Crippen molar-refractivity contribution in [2.24, 2.45) is 5.73 Å². The molecule has 1 fully saturated rings. The molecule has 1 aliphatic rings. The molecule has 108 valence electrons. The Morgan fingerprint density at radius 1 is 1.50 bits per heavy atom. The number of nitrogens with two attached hydrogens (primary N) is 1. The summed E-state index contributed by atoms with van der Waals surface area (Å²) in [6.07, 6.45) is -5.25. The van der Waals surface area contributed by atoms with E-state index in [1.165, 1.54) is 0 Å². The number of halogens is 3. The number of hydrogen-bond donors (Lipinski definition) is 2. The largest absolute Gasteiger partial charge is 0.418 e. The van der Waals surface area contributed by atoms with Crippen LogP contribution in [0.15, 0.2) is 0 Å². The highest BCUT2D eigenvalue weighted by molar-refractivity contribution is 7.89. The van der Waals surface area contributed by atoms with Gasteiger partial charge in [0.15, 0.2) is 5.60 Å². The van der Waals surface area contributed by atoms with Gasteiger partial charge in [-0.15, -0.1) is 0 Å². The van der Waals surface area contributed by atoms with Gasteiger partial charge < -0.3 is 10.8 Å². The first-order valence-corrected chi connectivity index (χ1v) is 7.07. The SMILES string of the molecule is CCC(CN)S(=O)(=O)N1CCC(O)(C(F)(F)F)C1. The second-order valence-corrected chi connectivity index (χ2v) is 6.64. The molecule has 0 amide bonds. The number of rotatable bonds is 4. The Bertz CT molecular complexity index is 394. The van der Waals surface area contributed by atoms with Crippen LogP contribution in [0.2, 0.25) is 0 Å². The summed E-state index contributed by atoms with van der Waals surface area (Å²) in [5, 5.41) is 8.52. The molecule has 0 aromatic carbocycles. The molecule has 2 unspecified atom stereocenters. The van der Waals surface area contributed by atoms with E-state index in [1.807, 2.05) is 0 Å². The molecule has 5 nitrogen and oxygen atoms in total. The first-order chi connectivity index (χ1) is 8.08. The highest BCUT2D eigenvalue weighted by atomic mass is 32.2. The van der Waals surface area contributed by atoms with Crippen molar-refractivity contribution in [1.29, 1.82) is 0 Å². The third kappa shape index (κ3) is 2.63. The summed E-state index contributed by atoms with van der Waals surface area (Å²) in [5.41, 5.74) is 2.35. The number of alkyl halides is 3. The smallest absolute Gasteiger partial charge is 0.379 e. The number of sulfonamides is 1. The Morgan fingerprint density at radius 3 is 2.39 bits per heavy atom. The fraction of sp³-hybridized carbons (Fsp3) is 1.00. The van der Waals surface area contributed by atoms with Crippen LogP contribution in [0.5, 0.6) is 0 Å². The van der Waals surface area contributed by atoms with Crippen LogP contribution in [0.1, 0.15) is 19.8 Å². The lowest BCUT2D eigenvalue weighted by Crippen LogP contribution is -2.49. The first kappa shape index (κ1) is 15.7. The summed E-state index contributed by atoms with van der Waals surface area (Å²) < 4.78 is 62.4. The molecule has 1 aliphatic heterocycles. The van der Waals surface area contributed by atoms with Crippen molar-refractivity contribution in [3.63, 3.8) is 0 Å². The average molecular weight is 290 g/mol. The van der Waals surface area contributed by atoms with Gasteiger partial charge in [-0.2, -0.15) is 17.5 Å². The fourth-order valence-electron chi connectivity index (χ4n) is 1.92. The van der Waals surface area contributed by atoms with Crippen molar-refractivity contribution >= 4 is 10.0 Å². The first-order valence-electron chi connectivity index (χ1n) is 5.56. The van der Waals surface area contributed by atoms with Crippen LogP contribution in [0.3, 0.4) is 0 Å². The van der Waals surface area contributed by atoms with Gasteiger partial charge in [0.05, 0.1) is 11.8 Å². The van der Waals surface area contributed by atoms with Crippen molar-refractivity contribution < 1.29 is 26.7 Å². The molecular weight excluding hydrogens is 273 g/mol. The van der Waals surface area contributed by atoms with Crippen LogP contribution in [-0.4, -0.2) is 54.5 Å². The Morgan fingerprint density at radius 2 is 2.06 bits per heavy atom. The third-order valence-corrected chi connectivity index (χ3v) is 5.64. The monoisotopic (exact) mass is 290 g/mol. The molecule has 1 saturated heterocycles. The molecule has 1 rings (SSSR count). The predicted octanol–water partition coefficient (Wildman–Crippen LogP) is 0.0526. The molecule has 1 heterocycles.